The van der Waals surface area contributed by atoms with Crippen molar-refractivity contribution in [2.45, 2.75) is 13.0 Å². The maximum atomic E-state index is 12.1. The molecule has 1 fully saturated rings. The zero-order chi connectivity index (χ0) is 14.7. The number of rotatable bonds is 2. The number of urea groups is 1. The summed E-state index contributed by atoms with van der Waals surface area (Å²) in [6, 6.07) is 6.99. The van der Waals surface area contributed by atoms with Crippen LogP contribution in [0.4, 0.5) is 4.79 Å². The van der Waals surface area contributed by atoms with Gasteiger partial charge in [-0.2, -0.15) is 0 Å². The number of benzene rings is 1. The molecule has 5 nitrogen and oxygen atoms in total. The summed E-state index contributed by atoms with van der Waals surface area (Å²) >= 11 is 5.84. The normalized spacial score (nSPS) is 17.1. The largest absolute Gasteiger partial charge is 0.342 e. The highest BCUT2D eigenvalue weighted by Gasteiger charge is 2.25. The Balaban J connectivity index is 1.94. The van der Waals surface area contributed by atoms with Gasteiger partial charge in [-0.3, -0.25) is 4.79 Å². The highest BCUT2D eigenvalue weighted by Crippen LogP contribution is 2.16. The predicted octanol–water partition coefficient (Wildman–Crippen LogP) is 1.88. The van der Waals surface area contributed by atoms with Crippen molar-refractivity contribution in [1.29, 1.82) is 0 Å². The maximum Gasteiger partial charge on any atom is 0.318 e. The number of amides is 3. The Bertz CT molecular complexity index is 504. The lowest BCUT2D eigenvalue weighted by Crippen LogP contribution is -2.53. The lowest BCUT2D eigenvalue weighted by molar-refractivity contribution is -0.133. The molecule has 108 valence electrons. The first-order valence-electron chi connectivity index (χ1n) is 6.52. The number of hydrogen-bond acceptors (Lipinski definition) is 2. The molecule has 3 amide bonds. The molecule has 0 aromatic heterocycles. The van der Waals surface area contributed by atoms with Crippen molar-refractivity contribution in [3.8, 4) is 0 Å². The van der Waals surface area contributed by atoms with Crippen LogP contribution in [0.15, 0.2) is 24.3 Å². The van der Waals surface area contributed by atoms with Crippen LogP contribution in [-0.2, 0) is 4.79 Å². The van der Waals surface area contributed by atoms with Crippen LogP contribution in [-0.4, -0.2) is 48.4 Å². The molecule has 6 heteroatoms. The van der Waals surface area contributed by atoms with Crippen LogP contribution < -0.4 is 5.32 Å². The van der Waals surface area contributed by atoms with E-state index in [1.807, 2.05) is 19.1 Å². The Kier molecular flexibility index (Phi) is 4.49. The summed E-state index contributed by atoms with van der Waals surface area (Å²) in [6.45, 7) is 3.16. The van der Waals surface area contributed by atoms with Gasteiger partial charge in [-0.05, 0) is 24.6 Å². The highest BCUT2D eigenvalue weighted by molar-refractivity contribution is 6.30. The molecule has 0 radical (unpaired) electrons. The number of carbonyl (C=O) groups is 2. The molecule has 0 aliphatic carbocycles. The molecular formula is C14H18ClN3O2. The zero-order valence-corrected chi connectivity index (χ0v) is 12.4. The van der Waals surface area contributed by atoms with Crippen LogP contribution in [0.3, 0.4) is 0 Å². The fourth-order valence-electron chi connectivity index (χ4n) is 2.04. The van der Waals surface area contributed by atoms with Gasteiger partial charge < -0.3 is 15.1 Å². The van der Waals surface area contributed by atoms with Gasteiger partial charge in [-0.1, -0.05) is 23.7 Å². The van der Waals surface area contributed by atoms with Crippen molar-refractivity contribution < 1.29 is 9.59 Å². The number of nitrogens with one attached hydrogen (secondary N) is 1. The molecule has 1 saturated heterocycles. The Labute approximate surface area is 123 Å². The molecule has 0 bridgehead atoms. The SMILES string of the molecule is C[C@H](NC(=O)N1CCN(C)C(=O)C1)c1ccc(Cl)cc1. The molecule has 2 rings (SSSR count). The summed E-state index contributed by atoms with van der Waals surface area (Å²) in [7, 11) is 1.74. The van der Waals surface area contributed by atoms with Crippen molar-refractivity contribution in [2.75, 3.05) is 26.7 Å². The monoisotopic (exact) mass is 295 g/mol. The first-order chi connectivity index (χ1) is 9.47. The minimum absolute atomic E-state index is 0.0365. The number of carbonyl (C=O) groups excluding carboxylic acids is 2. The third kappa shape index (κ3) is 3.42. The van der Waals surface area contributed by atoms with Crippen molar-refractivity contribution in [2.24, 2.45) is 0 Å². The molecule has 1 heterocycles. The van der Waals surface area contributed by atoms with Crippen molar-refractivity contribution >= 4 is 23.5 Å². The molecule has 1 aromatic carbocycles. The molecule has 1 aliphatic heterocycles. The van der Waals surface area contributed by atoms with Gasteiger partial charge in [-0.25, -0.2) is 4.79 Å². The third-order valence-corrected chi connectivity index (χ3v) is 3.71. The first kappa shape index (κ1) is 14.7. The van der Waals surface area contributed by atoms with E-state index in [1.165, 1.54) is 4.90 Å². The summed E-state index contributed by atoms with van der Waals surface area (Å²) in [5.41, 5.74) is 0.975. The fraction of sp³-hybridized carbons (Fsp3) is 0.429. The molecule has 0 saturated carbocycles. The van der Waals surface area contributed by atoms with Crippen LogP contribution >= 0.6 is 11.6 Å². The summed E-state index contributed by atoms with van der Waals surface area (Å²) in [6.07, 6.45) is 0. The molecule has 1 atom stereocenters. The molecule has 1 N–H and O–H groups in total. The quantitative estimate of drug-likeness (QED) is 0.906. The average molecular weight is 296 g/mol. The van der Waals surface area contributed by atoms with Crippen LogP contribution in [0.1, 0.15) is 18.5 Å². The summed E-state index contributed by atoms with van der Waals surface area (Å²) in [4.78, 5) is 26.9. The Morgan fingerprint density at radius 1 is 1.30 bits per heavy atom. The van der Waals surface area contributed by atoms with Crippen LogP contribution in [0, 0.1) is 0 Å². The topological polar surface area (TPSA) is 52.7 Å². The van der Waals surface area contributed by atoms with E-state index >= 15 is 0 Å². The molecule has 0 unspecified atom stereocenters. The second-order valence-electron chi connectivity index (χ2n) is 4.96. The van der Waals surface area contributed by atoms with E-state index in [0.717, 1.165) is 5.56 Å². The van der Waals surface area contributed by atoms with Gasteiger partial charge in [0.25, 0.3) is 0 Å². The number of nitrogens with zero attached hydrogens (tertiary/aromatic N) is 2. The van der Waals surface area contributed by atoms with E-state index in [4.69, 9.17) is 11.6 Å². The Morgan fingerprint density at radius 2 is 1.95 bits per heavy atom. The number of halogens is 1. The average Bonchev–Trinajstić information content (AvgIpc) is 2.42. The summed E-state index contributed by atoms with van der Waals surface area (Å²) < 4.78 is 0. The van der Waals surface area contributed by atoms with Gasteiger partial charge in [-0.15, -0.1) is 0 Å². The number of piperazine rings is 1. The maximum absolute atomic E-state index is 12.1. The lowest BCUT2D eigenvalue weighted by Gasteiger charge is -2.32. The molecule has 1 aromatic rings. The summed E-state index contributed by atoms with van der Waals surface area (Å²) in [5.74, 6) is -0.0365. The van der Waals surface area contributed by atoms with Gasteiger partial charge in [0.05, 0.1) is 6.04 Å². The summed E-state index contributed by atoms with van der Waals surface area (Å²) in [5, 5.41) is 3.56. The fourth-order valence-corrected chi connectivity index (χ4v) is 2.17. The standard InChI is InChI=1S/C14H18ClN3O2/c1-10(11-3-5-12(15)6-4-11)16-14(20)18-8-7-17(2)13(19)9-18/h3-6,10H,7-9H2,1-2H3,(H,16,20)/t10-/m0/s1. The lowest BCUT2D eigenvalue weighted by atomic mass is 10.1. The smallest absolute Gasteiger partial charge is 0.318 e. The van der Waals surface area contributed by atoms with Crippen molar-refractivity contribution in [3.63, 3.8) is 0 Å². The van der Waals surface area contributed by atoms with E-state index in [2.05, 4.69) is 5.32 Å². The molecular weight excluding hydrogens is 278 g/mol. The van der Waals surface area contributed by atoms with Crippen LogP contribution in [0.5, 0.6) is 0 Å². The first-order valence-corrected chi connectivity index (χ1v) is 6.90. The van der Waals surface area contributed by atoms with Crippen LogP contribution in [0.25, 0.3) is 0 Å². The van der Waals surface area contributed by atoms with Gasteiger partial charge in [0.15, 0.2) is 0 Å². The van der Waals surface area contributed by atoms with E-state index in [0.29, 0.717) is 18.1 Å². The Hall–Kier alpha value is -1.75. The second-order valence-corrected chi connectivity index (χ2v) is 5.40. The number of likely N-dealkylation sites (N-methyl/N-ethyl adjacent to an activating group) is 1. The Morgan fingerprint density at radius 3 is 2.55 bits per heavy atom. The van der Waals surface area contributed by atoms with E-state index in [-0.39, 0.29) is 24.5 Å². The predicted molar refractivity (Wildman–Crippen MR) is 77.6 cm³/mol. The van der Waals surface area contributed by atoms with Crippen molar-refractivity contribution in [1.82, 2.24) is 15.1 Å². The van der Waals surface area contributed by atoms with Gasteiger partial charge in [0.2, 0.25) is 5.91 Å². The third-order valence-electron chi connectivity index (χ3n) is 3.45. The van der Waals surface area contributed by atoms with E-state index in [9.17, 15) is 9.59 Å². The van der Waals surface area contributed by atoms with Gasteiger partial charge in [0, 0.05) is 25.2 Å². The molecule has 1 aliphatic rings. The van der Waals surface area contributed by atoms with Gasteiger partial charge >= 0.3 is 6.03 Å². The molecule has 0 spiro atoms. The molecule has 20 heavy (non-hydrogen) atoms. The highest BCUT2D eigenvalue weighted by atomic mass is 35.5. The second kappa shape index (κ2) is 6.13. The van der Waals surface area contributed by atoms with Crippen LogP contribution in [0.2, 0.25) is 5.02 Å². The minimum Gasteiger partial charge on any atom is -0.342 e. The van der Waals surface area contributed by atoms with Crippen molar-refractivity contribution in [3.05, 3.63) is 34.9 Å². The minimum atomic E-state index is -0.214. The van der Waals surface area contributed by atoms with E-state index < -0.39 is 0 Å². The van der Waals surface area contributed by atoms with Gasteiger partial charge in [0.1, 0.15) is 6.54 Å². The van der Waals surface area contributed by atoms with E-state index in [1.54, 1.807) is 24.1 Å². The zero-order valence-electron chi connectivity index (χ0n) is 11.6. The number of hydrogen-bond donors (Lipinski definition) is 1.